The second kappa shape index (κ2) is 10.1. The first-order valence-corrected chi connectivity index (χ1v) is 12.5. The molecule has 5 nitrogen and oxygen atoms in total. The lowest BCUT2D eigenvalue weighted by molar-refractivity contribution is 0.0729. The van der Waals surface area contributed by atoms with Gasteiger partial charge in [-0.15, -0.1) is 0 Å². The molecule has 2 aliphatic rings. The summed E-state index contributed by atoms with van der Waals surface area (Å²) in [5, 5.41) is 5.81. The minimum absolute atomic E-state index is 0.0620. The number of carbonyl (C=O) groups excluding carboxylic acids is 1. The van der Waals surface area contributed by atoms with Crippen LogP contribution >= 0.6 is 23.2 Å². The predicted octanol–water partition coefficient (Wildman–Crippen LogP) is 6.19. The Kier molecular flexibility index (Phi) is 6.91. The highest BCUT2D eigenvalue weighted by atomic mass is 35.5. The molecule has 1 saturated heterocycles. The number of aromatic nitrogens is 2. The van der Waals surface area contributed by atoms with E-state index in [0.29, 0.717) is 41.1 Å². The van der Waals surface area contributed by atoms with E-state index in [-0.39, 0.29) is 17.6 Å². The van der Waals surface area contributed by atoms with Crippen LogP contribution in [-0.2, 0) is 17.8 Å². The smallest absolute Gasteiger partial charge is 0.274 e. The Balaban J connectivity index is 1.59. The zero-order chi connectivity index (χ0) is 23.7. The van der Waals surface area contributed by atoms with Crippen molar-refractivity contribution in [1.29, 1.82) is 0 Å². The Labute approximate surface area is 208 Å². The number of halogens is 3. The van der Waals surface area contributed by atoms with Crippen LogP contribution in [0, 0.1) is 5.82 Å². The normalized spacial score (nSPS) is 18.4. The second-order valence-electron chi connectivity index (χ2n) is 8.97. The fourth-order valence-electron chi connectivity index (χ4n) is 4.90. The van der Waals surface area contributed by atoms with Gasteiger partial charge in [-0.2, -0.15) is 5.10 Å². The second-order valence-corrected chi connectivity index (χ2v) is 9.81. The molecule has 0 N–H and O–H groups in total. The van der Waals surface area contributed by atoms with Crippen LogP contribution in [0.15, 0.2) is 42.5 Å². The lowest BCUT2D eigenvalue weighted by atomic mass is 9.91. The number of ether oxygens (including phenoxy) is 1. The van der Waals surface area contributed by atoms with Gasteiger partial charge in [-0.3, -0.25) is 4.79 Å². The molecule has 3 heterocycles. The topological polar surface area (TPSA) is 47.4 Å². The van der Waals surface area contributed by atoms with Crippen LogP contribution in [0.25, 0.3) is 5.69 Å². The van der Waals surface area contributed by atoms with Crippen molar-refractivity contribution in [2.45, 2.75) is 44.6 Å². The maximum atomic E-state index is 13.6. The van der Waals surface area contributed by atoms with Gasteiger partial charge in [0.25, 0.3) is 5.91 Å². The van der Waals surface area contributed by atoms with Gasteiger partial charge in [0.2, 0.25) is 0 Å². The number of nitrogens with zero attached hydrogens (tertiary/aromatic N) is 3. The van der Waals surface area contributed by atoms with Crippen molar-refractivity contribution >= 4 is 29.1 Å². The zero-order valence-electron chi connectivity index (χ0n) is 18.8. The van der Waals surface area contributed by atoms with Crippen LogP contribution in [0.3, 0.4) is 0 Å². The fourth-order valence-corrected chi connectivity index (χ4v) is 5.39. The molecule has 5 rings (SSSR count). The molecule has 2 aromatic carbocycles. The van der Waals surface area contributed by atoms with Crippen molar-refractivity contribution in [3.63, 3.8) is 0 Å². The number of rotatable bonds is 4. The van der Waals surface area contributed by atoms with Gasteiger partial charge in [0.15, 0.2) is 5.69 Å². The van der Waals surface area contributed by atoms with Crippen LogP contribution in [0.5, 0.6) is 0 Å². The molecule has 8 heteroatoms. The summed E-state index contributed by atoms with van der Waals surface area (Å²) in [5.41, 5.74) is 3.80. The third-order valence-electron chi connectivity index (χ3n) is 6.60. The first-order chi connectivity index (χ1) is 16.5. The largest absolute Gasteiger partial charge is 0.376 e. The van der Waals surface area contributed by atoms with E-state index in [1.165, 1.54) is 12.1 Å². The van der Waals surface area contributed by atoms with Crippen LogP contribution in [-0.4, -0.2) is 40.3 Å². The Hall–Kier alpha value is -2.41. The lowest BCUT2D eigenvalue weighted by Gasteiger charge is -2.26. The van der Waals surface area contributed by atoms with E-state index in [4.69, 9.17) is 33.0 Å². The molecule has 3 aromatic rings. The van der Waals surface area contributed by atoms with E-state index >= 15 is 0 Å². The standard InChI is InChI=1S/C26H26Cl2FN3O2/c27-19-7-10-23(22(28)14-19)32-25-18(13-17-5-8-20(29)9-6-17)15-34-16-21(25)24(30-32)26(33)31-11-3-1-2-4-12-31/h5-10,14,18H,1-4,11-13,15-16H2. The van der Waals surface area contributed by atoms with Crippen LogP contribution in [0.1, 0.15) is 58.9 Å². The molecule has 34 heavy (non-hydrogen) atoms. The van der Waals surface area contributed by atoms with Crippen molar-refractivity contribution < 1.29 is 13.9 Å². The summed E-state index contributed by atoms with van der Waals surface area (Å²) in [5.74, 6) is -0.403. The van der Waals surface area contributed by atoms with Gasteiger partial charge < -0.3 is 9.64 Å². The Morgan fingerprint density at radius 2 is 1.79 bits per heavy atom. The summed E-state index contributed by atoms with van der Waals surface area (Å²) >= 11 is 12.7. The summed E-state index contributed by atoms with van der Waals surface area (Å²) in [4.78, 5) is 15.5. The van der Waals surface area contributed by atoms with Crippen molar-refractivity contribution in [2.24, 2.45) is 0 Å². The van der Waals surface area contributed by atoms with Gasteiger partial charge in [-0.25, -0.2) is 9.07 Å². The third-order valence-corrected chi connectivity index (χ3v) is 7.14. The van der Waals surface area contributed by atoms with Crippen molar-refractivity contribution in [2.75, 3.05) is 19.7 Å². The molecule has 178 valence electrons. The lowest BCUT2D eigenvalue weighted by Crippen LogP contribution is -2.33. The average Bonchev–Trinajstić information content (AvgIpc) is 3.01. The van der Waals surface area contributed by atoms with Gasteiger partial charge in [0, 0.05) is 29.6 Å². The number of benzene rings is 2. The summed E-state index contributed by atoms with van der Waals surface area (Å²) in [6, 6.07) is 11.7. The van der Waals surface area contributed by atoms with E-state index < -0.39 is 0 Å². The van der Waals surface area contributed by atoms with Gasteiger partial charge in [-0.1, -0.05) is 48.2 Å². The van der Waals surface area contributed by atoms with E-state index in [9.17, 15) is 9.18 Å². The highest BCUT2D eigenvalue weighted by Gasteiger charge is 2.34. The van der Waals surface area contributed by atoms with E-state index in [2.05, 4.69) is 0 Å². The van der Waals surface area contributed by atoms with Crippen molar-refractivity contribution in [1.82, 2.24) is 14.7 Å². The number of hydrogen-bond acceptors (Lipinski definition) is 3. The number of fused-ring (bicyclic) bond motifs is 1. The first kappa shape index (κ1) is 23.3. The molecule has 0 radical (unpaired) electrons. The number of likely N-dealkylation sites (tertiary alicyclic amines) is 1. The van der Waals surface area contributed by atoms with Crippen molar-refractivity contribution in [3.05, 3.63) is 80.8 Å². The van der Waals surface area contributed by atoms with Gasteiger partial charge >= 0.3 is 0 Å². The Morgan fingerprint density at radius 3 is 2.50 bits per heavy atom. The minimum atomic E-state index is -0.271. The van der Waals surface area contributed by atoms with Crippen LogP contribution in [0.4, 0.5) is 4.39 Å². The molecule has 1 atom stereocenters. The molecule has 0 saturated carbocycles. The molecule has 0 spiro atoms. The molecule has 2 aliphatic heterocycles. The maximum absolute atomic E-state index is 13.6. The van der Waals surface area contributed by atoms with E-state index in [1.54, 1.807) is 28.9 Å². The molecular weight excluding hydrogens is 476 g/mol. The molecule has 0 aliphatic carbocycles. The quantitative estimate of drug-likeness (QED) is 0.428. The van der Waals surface area contributed by atoms with Gasteiger partial charge in [-0.05, 0) is 55.2 Å². The van der Waals surface area contributed by atoms with Crippen LogP contribution < -0.4 is 0 Å². The minimum Gasteiger partial charge on any atom is -0.376 e. The molecular formula is C26H26Cl2FN3O2. The van der Waals surface area contributed by atoms with E-state index in [1.807, 2.05) is 11.0 Å². The molecule has 1 amide bonds. The first-order valence-electron chi connectivity index (χ1n) is 11.7. The summed E-state index contributed by atoms with van der Waals surface area (Å²) < 4.78 is 21.2. The van der Waals surface area contributed by atoms with E-state index in [0.717, 1.165) is 55.6 Å². The molecule has 1 fully saturated rings. The highest BCUT2D eigenvalue weighted by Crippen LogP contribution is 2.36. The van der Waals surface area contributed by atoms with Crippen LogP contribution in [0.2, 0.25) is 10.0 Å². The summed E-state index contributed by atoms with van der Waals surface area (Å²) in [6.07, 6.45) is 4.91. The number of amides is 1. The number of hydrogen-bond donors (Lipinski definition) is 0. The zero-order valence-corrected chi connectivity index (χ0v) is 20.3. The van der Waals surface area contributed by atoms with Gasteiger partial charge in [0.05, 0.1) is 29.6 Å². The molecule has 0 bridgehead atoms. The monoisotopic (exact) mass is 501 g/mol. The average molecular weight is 502 g/mol. The molecule has 1 unspecified atom stereocenters. The predicted molar refractivity (Wildman–Crippen MR) is 130 cm³/mol. The Bertz CT molecular complexity index is 1190. The molecule has 1 aromatic heterocycles. The maximum Gasteiger partial charge on any atom is 0.274 e. The third kappa shape index (κ3) is 4.72. The number of carbonyl (C=O) groups is 1. The SMILES string of the molecule is O=C(c1nn(-c2ccc(Cl)cc2Cl)c2c1COCC2Cc1ccc(F)cc1)N1CCCCCC1. The van der Waals surface area contributed by atoms with Gasteiger partial charge in [0.1, 0.15) is 5.82 Å². The fraction of sp³-hybridized carbons (Fsp3) is 0.385. The Morgan fingerprint density at radius 1 is 1.06 bits per heavy atom. The summed E-state index contributed by atoms with van der Waals surface area (Å²) in [6.45, 7) is 2.26. The van der Waals surface area contributed by atoms with Crippen molar-refractivity contribution in [3.8, 4) is 5.69 Å². The highest BCUT2D eigenvalue weighted by molar-refractivity contribution is 6.35. The summed E-state index contributed by atoms with van der Waals surface area (Å²) in [7, 11) is 0.